The van der Waals surface area contributed by atoms with E-state index in [0.29, 0.717) is 16.8 Å². The predicted octanol–water partition coefficient (Wildman–Crippen LogP) is 1.89. The first-order valence-electron chi connectivity index (χ1n) is 8.64. The van der Waals surface area contributed by atoms with Crippen LogP contribution in [0, 0.1) is 18.8 Å². The lowest BCUT2D eigenvalue weighted by Gasteiger charge is -2.31. The Hall–Kier alpha value is -0.760. The van der Waals surface area contributed by atoms with Crippen molar-refractivity contribution < 1.29 is 9.53 Å². The number of nitrogens with zero attached hydrogens (tertiary/aromatic N) is 3. The molecule has 2 atom stereocenters. The molecule has 0 radical (unpaired) electrons. The fourth-order valence-corrected chi connectivity index (χ4v) is 4.60. The van der Waals surface area contributed by atoms with E-state index in [4.69, 9.17) is 4.74 Å². The molecule has 2 aliphatic heterocycles. The summed E-state index contributed by atoms with van der Waals surface area (Å²) in [5.41, 5.74) is 0.731. The zero-order valence-corrected chi connectivity index (χ0v) is 15.6. The normalized spacial score (nSPS) is 28.5. The minimum Gasteiger partial charge on any atom is -0.381 e. The van der Waals surface area contributed by atoms with Gasteiger partial charge in [-0.3, -0.25) is 9.69 Å². The number of aromatic nitrogens is 2. The first-order valence-corrected chi connectivity index (χ1v) is 9.41. The second kappa shape index (κ2) is 7.64. The smallest absolute Gasteiger partial charge is 0.265 e. The van der Waals surface area contributed by atoms with Gasteiger partial charge >= 0.3 is 0 Å². The Morgan fingerprint density at radius 3 is 2.62 bits per heavy atom. The van der Waals surface area contributed by atoms with Crippen molar-refractivity contribution in [1.82, 2.24) is 19.8 Å². The maximum atomic E-state index is 12.5. The molecule has 1 aliphatic carbocycles. The van der Waals surface area contributed by atoms with E-state index in [1.807, 2.05) is 6.92 Å². The van der Waals surface area contributed by atoms with Gasteiger partial charge in [-0.05, 0) is 56.0 Å². The van der Waals surface area contributed by atoms with Gasteiger partial charge in [-0.25, -0.2) is 0 Å². The molecule has 6 nitrogen and oxygen atoms in total. The number of aryl methyl sites for hydroxylation is 1. The molecule has 8 heteroatoms. The second-order valence-electron chi connectivity index (χ2n) is 7.07. The molecule has 24 heavy (non-hydrogen) atoms. The molecule has 134 valence electrons. The van der Waals surface area contributed by atoms with Crippen LogP contribution in [0.1, 0.15) is 41.0 Å². The van der Waals surface area contributed by atoms with Crippen LogP contribution in [0.4, 0.5) is 0 Å². The van der Waals surface area contributed by atoms with Crippen LogP contribution >= 0.6 is 23.9 Å². The van der Waals surface area contributed by atoms with Gasteiger partial charge in [-0.1, -0.05) is 4.49 Å². The zero-order valence-electron chi connectivity index (χ0n) is 13.9. The van der Waals surface area contributed by atoms with Gasteiger partial charge < -0.3 is 10.1 Å². The number of ether oxygens (including phenoxy) is 1. The summed E-state index contributed by atoms with van der Waals surface area (Å²) in [5.74, 6) is 1.40. The quantitative estimate of drug-likeness (QED) is 0.874. The van der Waals surface area contributed by atoms with Crippen molar-refractivity contribution in [2.24, 2.45) is 11.8 Å². The van der Waals surface area contributed by atoms with Crippen LogP contribution in [0.25, 0.3) is 0 Å². The first kappa shape index (κ1) is 18.0. The van der Waals surface area contributed by atoms with Crippen molar-refractivity contribution in [1.29, 1.82) is 0 Å². The highest BCUT2D eigenvalue weighted by molar-refractivity contribution is 7.08. The van der Waals surface area contributed by atoms with Crippen LogP contribution in [0.5, 0.6) is 0 Å². The Bertz CT molecular complexity index is 574. The predicted molar refractivity (Wildman–Crippen MR) is 94.8 cm³/mol. The van der Waals surface area contributed by atoms with Crippen LogP contribution < -0.4 is 5.32 Å². The average Bonchev–Trinajstić information content (AvgIpc) is 3.18. The molecule has 3 heterocycles. The monoisotopic (exact) mass is 372 g/mol. The summed E-state index contributed by atoms with van der Waals surface area (Å²) in [6, 6.07) is 0.887. The van der Waals surface area contributed by atoms with Crippen LogP contribution in [-0.2, 0) is 4.74 Å². The van der Waals surface area contributed by atoms with E-state index >= 15 is 0 Å². The van der Waals surface area contributed by atoms with E-state index in [9.17, 15) is 4.79 Å². The number of hydrogen-bond donors (Lipinski definition) is 1. The number of likely N-dealkylation sites (tertiary alicyclic amines) is 1. The molecular formula is C16H25ClN4O2S. The number of carbonyl (C=O) groups excluding carboxylic acids is 1. The number of amides is 1. The summed E-state index contributed by atoms with van der Waals surface area (Å²) in [6.45, 7) is 5.69. The number of carbonyl (C=O) groups is 1. The average molecular weight is 373 g/mol. The van der Waals surface area contributed by atoms with E-state index in [1.54, 1.807) is 0 Å². The zero-order chi connectivity index (χ0) is 15.8. The fraction of sp³-hybridized carbons (Fsp3) is 0.812. The highest BCUT2D eigenvalue weighted by Gasteiger charge is 2.44. The molecule has 3 fully saturated rings. The second-order valence-corrected chi connectivity index (χ2v) is 7.82. The van der Waals surface area contributed by atoms with Gasteiger partial charge in [0.1, 0.15) is 4.88 Å². The Balaban J connectivity index is 0.00000169. The molecule has 1 N–H and O–H groups in total. The molecule has 0 bridgehead atoms. The summed E-state index contributed by atoms with van der Waals surface area (Å²) in [6.07, 6.45) is 4.88. The Kier molecular flexibility index (Phi) is 5.74. The summed E-state index contributed by atoms with van der Waals surface area (Å²) in [4.78, 5) is 15.8. The summed E-state index contributed by atoms with van der Waals surface area (Å²) < 4.78 is 9.37. The third kappa shape index (κ3) is 3.74. The van der Waals surface area contributed by atoms with Crippen molar-refractivity contribution in [2.45, 2.75) is 44.7 Å². The molecule has 0 aromatic carbocycles. The molecule has 1 aromatic rings. The standard InChI is InChI=1S/C16H24N4O2S.ClH/c1-10-15(23-19-18-10)16(21)17-14-9-20(8-13(14)11-2-3-11)12-4-6-22-7-5-12;/h11-14H,2-9H2,1H3,(H,17,21);1H/t13-,14+;/m1./s1. The SMILES string of the molecule is Cc1nnsc1C(=O)N[C@H]1CN(C2CCOCC2)C[C@@H]1C1CC1.Cl. The van der Waals surface area contributed by atoms with Crippen LogP contribution in [-0.4, -0.2) is 58.8 Å². The van der Waals surface area contributed by atoms with Crippen molar-refractivity contribution in [3.63, 3.8) is 0 Å². The van der Waals surface area contributed by atoms with E-state index in [-0.39, 0.29) is 24.4 Å². The lowest BCUT2D eigenvalue weighted by atomic mass is 9.98. The Labute approximate surface area is 152 Å². The highest BCUT2D eigenvalue weighted by Crippen LogP contribution is 2.42. The molecule has 0 spiro atoms. The molecule has 4 rings (SSSR count). The Morgan fingerprint density at radius 1 is 1.25 bits per heavy atom. The molecule has 1 amide bonds. The van der Waals surface area contributed by atoms with Crippen LogP contribution in [0.3, 0.4) is 0 Å². The third-order valence-corrected chi connectivity index (χ3v) is 6.33. The third-order valence-electron chi connectivity index (χ3n) is 5.50. The van der Waals surface area contributed by atoms with Crippen LogP contribution in [0.2, 0.25) is 0 Å². The summed E-state index contributed by atoms with van der Waals surface area (Å²) in [5, 5.41) is 7.23. The van der Waals surface area contributed by atoms with E-state index < -0.39 is 0 Å². The maximum Gasteiger partial charge on any atom is 0.265 e. The van der Waals surface area contributed by atoms with Gasteiger partial charge in [0.25, 0.3) is 5.91 Å². The minimum atomic E-state index is 0. The number of nitrogens with one attached hydrogen (secondary N) is 1. The van der Waals surface area contributed by atoms with E-state index in [1.165, 1.54) is 24.4 Å². The summed E-state index contributed by atoms with van der Waals surface area (Å²) >= 11 is 1.19. The number of rotatable bonds is 4. The fourth-order valence-electron chi connectivity index (χ4n) is 4.04. The minimum absolute atomic E-state index is 0. The van der Waals surface area contributed by atoms with Crippen molar-refractivity contribution in [3.8, 4) is 0 Å². The maximum absolute atomic E-state index is 12.5. The van der Waals surface area contributed by atoms with Crippen molar-refractivity contribution in [2.75, 3.05) is 26.3 Å². The first-order chi connectivity index (χ1) is 11.2. The molecule has 2 saturated heterocycles. The number of halogens is 1. The summed E-state index contributed by atoms with van der Waals surface area (Å²) in [7, 11) is 0. The van der Waals surface area contributed by atoms with Crippen molar-refractivity contribution >= 4 is 29.8 Å². The topological polar surface area (TPSA) is 67.4 Å². The molecule has 3 aliphatic rings. The van der Waals surface area contributed by atoms with Gasteiger partial charge in [0.05, 0.1) is 5.69 Å². The highest BCUT2D eigenvalue weighted by atomic mass is 35.5. The van der Waals surface area contributed by atoms with Gasteiger partial charge in [-0.15, -0.1) is 17.5 Å². The van der Waals surface area contributed by atoms with Gasteiger partial charge in [-0.2, -0.15) is 0 Å². The van der Waals surface area contributed by atoms with Gasteiger partial charge in [0.15, 0.2) is 0 Å². The van der Waals surface area contributed by atoms with Gasteiger partial charge in [0, 0.05) is 38.4 Å². The molecular weight excluding hydrogens is 348 g/mol. The van der Waals surface area contributed by atoms with Gasteiger partial charge in [0.2, 0.25) is 0 Å². The Morgan fingerprint density at radius 2 is 2.00 bits per heavy atom. The lowest BCUT2D eigenvalue weighted by Crippen LogP contribution is -2.43. The molecule has 1 saturated carbocycles. The largest absolute Gasteiger partial charge is 0.381 e. The molecule has 1 aromatic heterocycles. The molecule has 0 unspecified atom stereocenters. The van der Waals surface area contributed by atoms with Crippen LogP contribution in [0.15, 0.2) is 0 Å². The van der Waals surface area contributed by atoms with E-state index in [2.05, 4.69) is 19.8 Å². The van der Waals surface area contributed by atoms with E-state index in [0.717, 1.165) is 50.8 Å². The number of hydrogen-bond acceptors (Lipinski definition) is 6. The van der Waals surface area contributed by atoms with Crippen molar-refractivity contribution in [3.05, 3.63) is 10.6 Å². The lowest BCUT2D eigenvalue weighted by molar-refractivity contribution is 0.0404.